The van der Waals surface area contributed by atoms with Gasteiger partial charge in [-0.1, -0.05) is 225 Å². The van der Waals surface area contributed by atoms with Crippen molar-refractivity contribution in [1.82, 2.24) is 9.88 Å². The van der Waals surface area contributed by atoms with Crippen molar-refractivity contribution in [3.8, 4) is 39.1 Å². The first-order chi connectivity index (χ1) is 40.2. The van der Waals surface area contributed by atoms with Gasteiger partial charge in [0.15, 0.2) is 5.84 Å². The summed E-state index contributed by atoms with van der Waals surface area (Å²) in [5.74, 6) is 1.60. The Bertz CT molecular complexity index is 4720. The number of amidine groups is 2. The van der Waals surface area contributed by atoms with Gasteiger partial charge < -0.3 is 14.8 Å². The van der Waals surface area contributed by atoms with Crippen LogP contribution in [0.3, 0.4) is 0 Å². The molecular formula is C75H53N5S. The lowest BCUT2D eigenvalue weighted by molar-refractivity contribution is 0.674. The van der Waals surface area contributed by atoms with Crippen molar-refractivity contribution in [2.24, 2.45) is 9.98 Å². The summed E-state index contributed by atoms with van der Waals surface area (Å²) in [6.07, 6.45) is 13.7. The Labute approximate surface area is 474 Å². The molecule has 0 bridgehead atoms. The van der Waals surface area contributed by atoms with Crippen molar-refractivity contribution < 1.29 is 0 Å². The molecule has 384 valence electrons. The molecule has 0 fully saturated rings. The molecule has 6 heteroatoms. The van der Waals surface area contributed by atoms with Gasteiger partial charge in [0.2, 0.25) is 0 Å². The van der Waals surface area contributed by atoms with E-state index in [1.165, 1.54) is 80.9 Å². The van der Waals surface area contributed by atoms with E-state index in [9.17, 15) is 0 Å². The third-order valence-electron chi connectivity index (χ3n) is 16.8. The predicted octanol–water partition coefficient (Wildman–Crippen LogP) is 17.1. The summed E-state index contributed by atoms with van der Waals surface area (Å²) >= 11 is 1.82. The van der Waals surface area contributed by atoms with Crippen molar-refractivity contribution in [3.63, 3.8) is 0 Å². The summed E-state index contributed by atoms with van der Waals surface area (Å²) in [6, 6.07) is 88.3. The van der Waals surface area contributed by atoms with E-state index in [0.717, 1.165) is 63.3 Å². The van der Waals surface area contributed by atoms with Crippen LogP contribution in [0.1, 0.15) is 52.7 Å². The normalized spacial score (nSPS) is 17.1. The fraction of sp³-hybridized carbons (Fsp3) is 0.0667. The number of hydrogen-bond donors (Lipinski definition) is 1. The highest BCUT2D eigenvalue weighted by Gasteiger charge is 2.40. The summed E-state index contributed by atoms with van der Waals surface area (Å²) in [6.45, 7) is 0. The number of para-hydroxylation sites is 1. The van der Waals surface area contributed by atoms with E-state index in [1.54, 1.807) is 0 Å². The van der Waals surface area contributed by atoms with Gasteiger partial charge in [-0.15, -0.1) is 11.3 Å². The van der Waals surface area contributed by atoms with Gasteiger partial charge in [0.1, 0.15) is 12.0 Å². The molecule has 1 N–H and O–H groups in total. The maximum absolute atomic E-state index is 5.60. The second-order valence-corrected chi connectivity index (χ2v) is 22.6. The summed E-state index contributed by atoms with van der Waals surface area (Å²) in [5.41, 5.74) is 18.7. The number of fused-ring (bicyclic) bond motifs is 9. The largest absolute Gasteiger partial charge is 0.344 e. The van der Waals surface area contributed by atoms with Gasteiger partial charge in [0, 0.05) is 64.5 Å². The van der Waals surface area contributed by atoms with Crippen LogP contribution in [0.2, 0.25) is 0 Å². The fourth-order valence-electron chi connectivity index (χ4n) is 13.1. The molecule has 2 aliphatic heterocycles. The zero-order chi connectivity index (χ0) is 53.4. The van der Waals surface area contributed by atoms with Crippen molar-refractivity contribution >= 4 is 83.2 Å². The minimum atomic E-state index is -0.411. The third-order valence-corrected chi connectivity index (χ3v) is 18.0. The number of aromatic nitrogens is 1. The van der Waals surface area contributed by atoms with Gasteiger partial charge in [0.05, 0.1) is 17.2 Å². The van der Waals surface area contributed by atoms with Crippen LogP contribution >= 0.6 is 11.3 Å². The lowest BCUT2D eigenvalue weighted by atomic mass is 9.83. The Kier molecular flexibility index (Phi) is 11.3. The summed E-state index contributed by atoms with van der Waals surface area (Å²) in [5, 5.41) is 10.2. The molecule has 10 aromatic carbocycles. The minimum Gasteiger partial charge on any atom is -0.344 e. The molecule has 2 aromatic heterocycles. The first-order valence-corrected chi connectivity index (χ1v) is 29.0. The fourth-order valence-corrected chi connectivity index (χ4v) is 14.2. The standard InChI is InChI=1S/C75H53N5S/c1-5-19-48(20-6-1)51-35-37-52(38-36-51)73-76-74(55-41-42-58-57-27-14-16-34-69(57)81-70(58)47-55)78-75(77-73)63-44-40-54(50-23-9-3-10-24-50)46-68(63)80-64-31-15-13-28-61(64)71-59(30-18-33-66(71)80)60-29-17-32-65-72(60)62-43-39-53(49-21-7-2-8-22-49)45-67(62)79(65)56-25-11-4-12-26-56/h1-12,14,16-47,62,67,73H,13,15H2,(H,76,77,78). The number of rotatable bonds is 9. The van der Waals surface area contributed by atoms with Crippen LogP contribution in [0.25, 0.3) is 87.9 Å². The van der Waals surface area contributed by atoms with E-state index < -0.39 is 6.17 Å². The average molecular weight is 1060 g/mol. The highest BCUT2D eigenvalue weighted by Crippen LogP contribution is 2.53. The highest BCUT2D eigenvalue weighted by molar-refractivity contribution is 7.25. The molecule has 2 aliphatic carbocycles. The highest BCUT2D eigenvalue weighted by atomic mass is 32.1. The van der Waals surface area contributed by atoms with E-state index >= 15 is 0 Å². The van der Waals surface area contributed by atoms with Gasteiger partial charge in [-0.05, 0) is 117 Å². The minimum absolute atomic E-state index is 0.0966. The average Bonchev–Trinajstić information content (AvgIpc) is 4.37. The Morgan fingerprint density at radius 3 is 1.95 bits per heavy atom. The number of nitrogens with one attached hydrogen (secondary N) is 1. The van der Waals surface area contributed by atoms with E-state index in [1.807, 2.05) is 11.3 Å². The lowest BCUT2D eigenvalue weighted by Gasteiger charge is -2.30. The molecule has 16 rings (SSSR count). The molecule has 4 heterocycles. The molecule has 12 aromatic rings. The third kappa shape index (κ3) is 8.04. The molecule has 0 amide bonds. The molecule has 0 radical (unpaired) electrons. The van der Waals surface area contributed by atoms with E-state index in [-0.39, 0.29) is 12.0 Å². The summed E-state index contributed by atoms with van der Waals surface area (Å²) in [4.78, 5) is 13.6. The van der Waals surface area contributed by atoms with Crippen LogP contribution < -0.4 is 20.8 Å². The molecule has 3 atom stereocenters. The van der Waals surface area contributed by atoms with Gasteiger partial charge in [-0.25, -0.2) is 9.98 Å². The number of hydrogen-bond acceptors (Lipinski definition) is 5. The molecule has 0 saturated carbocycles. The van der Waals surface area contributed by atoms with Crippen LogP contribution in [0.4, 0.5) is 11.4 Å². The number of allylic oxidation sites excluding steroid dienone is 2. The zero-order valence-electron chi connectivity index (χ0n) is 44.3. The van der Waals surface area contributed by atoms with Crippen LogP contribution in [-0.4, -0.2) is 22.3 Å². The number of thiophene rings is 1. The van der Waals surface area contributed by atoms with Crippen LogP contribution in [0, 0.1) is 0 Å². The maximum atomic E-state index is 5.60. The summed E-state index contributed by atoms with van der Waals surface area (Å²) in [7, 11) is 0. The Balaban J connectivity index is 0.890. The number of benzene rings is 10. The van der Waals surface area contributed by atoms with Crippen LogP contribution in [0.5, 0.6) is 0 Å². The quantitative estimate of drug-likeness (QED) is 0.157. The molecule has 0 spiro atoms. The van der Waals surface area contributed by atoms with Crippen molar-refractivity contribution in [3.05, 3.63) is 299 Å². The topological polar surface area (TPSA) is 44.9 Å². The maximum Gasteiger partial charge on any atom is 0.159 e. The molecule has 3 unspecified atom stereocenters. The zero-order valence-corrected chi connectivity index (χ0v) is 45.1. The number of nitrogens with zero attached hydrogens (tertiary/aromatic N) is 4. The number of aliphatic imine (C=N–C) groups is 2. The molecule has 4 aliphatic rings. The summed E-state index contributed by atoms with van der Waals surface area (Å²) < 4.78 is 5.03. The molecule has 0 saturated heterocycles. The van der Waals surface area contributed by atoms with Gasteiger partial charge >= 0.3 is 0 Å². The Morgan fingerprint density at radius 2 is 1.15 bits per heavy atom. The Morgan fingerprint density at radius 1 is 0.494 bits per heavy atom. The van der Waals surface area contributed by atoms with Gasteiger partial charge in [-0.2, -0.15) is 0 Å². The van der Waals surface area contributed by atoms with Gasteiger partial charge in [0.25, 0.3) is 0 Å². The number of anilines is 2. The van der Waals surface area contributed by atoms with Gasteiger partial charge in [-0.3, -0.25) is 0 Å². The lowest BCUT2D eigenvalue weighted by Crippen LogP contribution is -2.36. The SMILES string of the molecule is C1=CC2c3c(-c4cccc5c4c4c(n5-c5cc(-c6ccccc6)ccc5C5=NC(c6ccc7c(c6)sc6ccccc67)=NC(c6ccc(-c7ccccc7)cc6)N5)=CCCC=4)cccc3N(c3ccccc3)C2C=C1c1ccccc1. The van der Waals surface area contributed by atoms with Crippen LogP contribution in [-0.2, 0) is 0 Å². The van der Waals surface area contributed by atoms with Crippen molar-refractivity contribution in [2.75, 3.05) is 4.90 Å². The predicted molar refractivity (Wildman–Crippen MR) is 340 cm³/mol. The van der Waals surface area contributed by atoms with Crippen LogP contribution in [0.15, 0.2) is 271 Å². The first kappa shape index (κ1) is 47.1. The monoisotopic (exact) mass is 1060 g/mol. The van der Waals surface area contributed by atoms with Crippen molar-refractivity contribution in [1.29, 1.82) is 0 Å². The van der Waals surface area contributed by atoms with E-state index in [4.69, 9.17) is 9.98 Å². The molecular weight excluding hydrogens is 1000 g/mol. The second-order valence-electron chi connectivity index (χ2n) is 21.5. The van der Waals surface area contributed by atoms with Crippen molar-refractivity contribution in [2.45, 2.75) is 31.0 Å². The first-order valence-electron chi connectivity index (χ1n) is 28.1. The second kappa shape index (κ2) is 19.5. The van der Waals surface area contributed by atoms with E-state index in [0.29, 0.717) is 5.84 Å². The molecule has 81 heavy (non-hydrogen) atoms. The smallest absolute Gasteiger partial charge is 0.159 e. The molecule has 5 nitrogen and oxygen atoms in total. The van der Waals surface area contributed by atoms with E-state index in [2.05, 4.69) is 288 Å². The Hall–Kier alpha value is -9.88.